The van der Waals surface area contributed by atoms with Crippen LogP contribution < -0.4 is 16.2 Å². The SMILES string of the molecule is CN(C)c1cnn(C(C)(C)CN)c(=O)c1. The third-order valence-corrected chi connectivity index (χ3v) is 2.37. The summed E-state index contributed by atoms with van der Waals surface area (Å²) in [6, 6.07) is 1.56. The summed E-state index contributed by atoms with van der Waals surface area (Å²) in [4.78, 5) is 13.6. The zero-order valence-electron chi connectivity index (χ0n) is 9.69. The van der Waals surface area contributed by atoms with E-state index in [0.717, 1.165) is 5.69 Å². The van der Waals surface area contributed by atoms with Gasteiger partial charge in [-0.3, -0.25) is 4.79 Å². The van der Waals surface area contributed by atoms with E-state index < -0.39 is 5.54 Å². The standard InChI is InChI=1S/C10H18N4O/c1-10(2,7-11)14-9(15)5-8(6-12-14)13(3)4/h5-6H,7,11H2,1-4H3. The molecule has 0 fully saturated rings. The Morgan fingerprint density at radius 1 is 1.53 bits per heavy atom. The lowest BCUT2D eigenvalue weighted by atomic mass is 10.1. The summed E-state index contributed by atoms with van der Waals surface area (Å²) in [6.45, 7) is 4.15. The molecular weight excluding hydrogens is 192 g/mol. The van der Waals surface area contributed by atoms with Crippen molar-refractivity contribution in [3.63, 3.8) is 0 Å². The van der Waals surface area contributed by atoms with Gasteiger partial charge in [0.15, 0.2) is 0 Å². The highest BCUT2D eigenvalue weighted by Crippen LogP contribution is 2.10. The largest absolute Gasteiger partial charge is 0.376 e. The first-order chi connectivity index (χ1) is 6.88. The maximum atomic E-state index is 11.8. The molecule has 5 nitrogen and oxygen atoms in total. The molecule has 0 unspecified atom stereocenters. The lowest BCUT2D eigenvalue weighted by Crippen LogP contribution is -2.43. The molecule has 2 N–H and O–H groups in total. The van der Waals surface area contributed by atoms with Crippen LogP contribution in [0.15, 0.2) is 17.1 Å². The molecule has 0 radical (unpaired) electrons. The van der Waals surface area contributed by atoms with Gasteiger partial charge in [-0.05, 0) is 13.8 Å². The summed E-state index contributed by atoms with van der Waals surface area (Å²) in [6.07, 6.45) is 1.67. The predicted octanol–water partition coefficient (Wildman–Crippen LogP) is 0.00310. The fourth-order valence-corrected chi connectivity index (χ4v) is 1.18. The maximum Gasteiger partial charge on any atom is 0.269 e. The summed E-state index contributed by atoms with van der Waals surface area (Å²) >= 11 is 0. The second-order valence-electron chi connectivity index (χ2n) is 4.37. The molecule has 0 saturated heterocycles. The van der Waals surface area contributed by atoms with E-state index in [4.69, 9.17) is 5.73 Å². The number of rotatable bonds is 3. The van der Waals surface area contributed by atoms with E-state index in [-0.39, 0.29) is 5.56 Å². The normalized spacial score (nSPS) is 11.5. The minimum Gasteiger partial charge on any atom is -0.376 e. The number of nitrogens with two attached hydrogens (primary N) is 1. The van der Waals surface area contributed by atoms with Crippen LogP contribution in [0.1, 0.15) is 13.8 Å². The van der Waals surface area contributed by atoms with Crippen LogP contribution >= 0.6 is 0 Å². The van der Waals surface area contributed by atoms with Crippen LogP contribution in [0.5, 0.6) is 0 Å². The van der Waals surface area contributed by atoms with Crippen LogP contribution in [0.3, 0.4) is 0 Å². The lowest BCUT2D eigenvalue weighted by Gasteiger charge is -2.24. The molecule has 1 aromatic rings. The van der Waals surface area contributed by atoms with E-state index in [1.54, 1.807) is 12.3 Å². The quantitative estimate of drug-likeness (QED) is 0.763. The average molecular weight is 210 g/mol. The van der Waals surface area contributed by atoms with Crippen LogP contribution in [0.2, 0.25) is 0 Å². The molecule has 0 aliphatic heterocycles. The minimum atomic E-state index is -0.443. The van der Waals surface area contributed by atoms with Gasteiger partial charge < -0.3 is 10.6 Å². The van der Waals surface area contributed by atoms with Crippen LogP contribution in [0, 0.1) is 0 Å². The Morgan fingerprint density at radius 3 is 2.53 bits per heavy atom. The summed E-state index contributed by atoms with van der Waals surface area (Å²) in [5.74, 6) is 0. The molecule has 15 heavy (non-hydrogen) atoms. The van der Waals surface area contributed by atoms with E-state index in [9.17, 15) is 4.79 Å². The Morgan fingerprint density at radius 2 is 2.13 bits per heavy atom. The molecule has 0 aromatic carbocycles. The summed E-state index contributed by atoms with van der Waals surface area (Å²) in [5, 5.41) is 4.12. The molecule has 1 aromatic heterocycles. The monoisotopic (exact) mass is 210 g/mol. The van der Waals surface area contributed by atoms with E-state index in [1.807, 2.05) is 32.8 Å². The summed E-state index contributed by atoms with van der Waals surface area (Å²) < 4.78 is 1.42. The molecule has 0 atom stereocenters. The van der Waals surface area contributed by atoms with Crippen molar-refractivity contribution in [2.75, 3.05) is 25.5 Å². The second-order valence-corrected chi connectivity index (χ2v) is 4.37. The number of hydrogen-bond donors (Lipinski definition) is 1. The molecule has 0 aliphatic rings. The number of aromatic nitrogens is 2. The predicted molar refractivity (Wildman–Crippen MR) is 61.2 cm³/mol. The zero-order chi connectivity index (χ0) is 11.6. The molecule has 1 heterocycles. The van der Waals surface area contributed by atoms with Gasteiger partial charge in [-0.25, -0.2) is 4.68 Å². The van der Waals surface area contributed by atoms with Gasteiger partial charge in [0.25, 0.3) is 5.56 Å². The molecule has 5 heteroatoms. The first-order valence-electron chi connectivity index (χ1n) is 4.86. The topological polar surface area (TPSA) is 64.2 Å². The van der Waals surface area contributed by atoms with Gasteiger partial charge in [-0.15, -0.1) is 0 Å². The molecule has 0 spiro atoms. The highest BCUT2D eigenvalue weighted by atomic mass is 16.1. The first-order valence-corrected chi connectivity index (χ1v) is 4.86. The number of anilines is 1. The minimum absolute atomic E-state index is 0.128. The Kier molecular flexibility index (Phi) is 3.14. The highest BCUT2D eigenvalue weighted by Gasteiger charge is 2.20. The van der Waals surface area contributed by atoms with Crippen molar-refractivity contribution >= 4 is 5.69 Å². The van der Waals surface area contributed by atoms with Gasteiger partial charge in [0, 0.05) is 26.7 Å². The Balaban J connectivity index is 3.20. The van der Waals surface area contributed by atoms with Crippen LogP contribution in [0.4, 0.5) is 5.69 Å². The van der Waals surface area contributed by atoms with Gasteiger partial charge in [0.05, 0.1) is 17.4 Å². The zero-order valence-corrected chi connectivity index (χ0v) is 9.69. The van der Waals surface area contributed by atoms with Crippen LogP contribution in [-0.4, -0.2) is 30.4 Å². The fourth-order valence-electron chi connectivity index (χ4n) is 1.18. The van der Waals surface area contributed by atoms with Gasteiger partial charge in [0.2, 0.25) is 0 Å². The summed E-state index contributed by atoms with van der Waals surface area (Å²) in [7, 11) is 3.74. The third-order valence-electron chi connectivity index (χ3n) is 2.37. The smallest absolute Gasteiger partial charge is 0.269 e. The molecule has 1 rings (SSSR count). The van der Waals surface area contributed by atoms with Crippen molar-refractivity contribution in [3.8, 4) is 0 Å². The lowest BCUT2D eigenvalue weighted by molar-refractivity contribution is 0.314. The van der Waals surface area contributed by atoms with Crippen molar-refractivity contribution < 1.29 is 0 Å². The molecule has 0 bridgehead atoms. The Bertz CT molecular complexity index is 395. The van der Waals surface area contributed by atoms with E-state index >= 15 is 0 Å². The third kappa shape index (κ3) is 2.36. The molecule has 0 aliphatic carbocycles. The van der Waals surface area contributed by atoms with Gasteiger partial charge in [-0.2, -0.15) is 5.10 Å². The molecule has 0 amide bonds. The highest BCUT2D eigenvalue weighted by molar-refractivity contribution is 5.40. The van der Waals surface area contributed by atoms with Crippen molar-refractivity contribution in [2.24, 2.45) is 5.73 Å². The van der Waals surface area contributed by atoms with Gasteiger partial charge in [-0.1, -0.05) is 0 Å². The number of nitrogens with zero attached hydrogens (tertiary/aromatic N) is 3. The molecule has 0 saturated carbocycles. The van der Waals surface area contributed by atoms with Crippen molar-refractivity contribution in [1.29, 1.82) is 0 Å². The molecule has 84 valence electrons. The number of hydrogen-bond acceptors (Lipinski definition) is 4. The average Bonchev–Trinajstić information content (AvgIpc) is 2.17. The van der Waals surface area contributed by atoms with Crippen molar-refractivity contribution in [1.82, 2.24) is 9.78 Å². The first kappa shape index (κ1) is 11.7. The van der Waals surface area contributed by atoms with Crippen LogP contribution in [-0.2, 0) is 5.54 Å². The van der Waals surface area contributed by atoms with Gasteiger partial charge in [0.1, 0.15) is 0 Å². The Labute approximate surface area is 89.5 Å². The van der Waals surface area contributed by atoms with Crippen molar-refractivity contribution in [3.05, 3.63) is 22.6 Å². The van der Waals surface area contributed by atoms with Gasteiger partial charge >= 0.3 is 0 Å². The Hall–Kier alpha value is -1.36. The molecular formula is C10H18N4O. The van der Waals surface area contributed by atoms with E-state index in [2.05, 4.69) is 5.10 Å². The second kappa shape index (κ2) is 4.02. The maximum absolute atomic E-state index is 11.8. The summed E-state index contributed by atoms with van der Waals surface area (Å²) in [5.41, 5.74) is 5.82. The van der Waals surface area contributed by atoms with Crippen LogP contribution in [0.25, 0.3) is 0 Å². The van der Waals surface area contributed by atoms with E-state index in [0.29, 0.717) is 6.54 Å². The van der Waals surface area contributed by atoms with Crippen molar-refractivity contribution in [2.45, 2.75) is 19.4 Å². The van der Waals surface area contributed by atoms with E-state index in [1.165, 1.54) is 4.68 Å². The fraction of sp³-hybridized carbons (Fsp3) is 0.600.